The molecule has 2 aromatic rings. The van der Waals surface area contributed by atoms with Gasteiger partial charge in [0.1, 0.15) is 11.9 Å². The number of carbonyl (C=O) groups excluding carboxylic acids is 1. The first-order chi connectivity index (χ1) is 11.2. The summed E-state index contributed by atoms with van der Waals surface area (Å²) in [5.74, 6) is 1.01. The average molecular weight is 331 g/mol. The van der Waals surface area contributed by atoms with E-state index in [1.165, 1.54) is 11.3 Å². The van der Waals surface area contributed by atoms with Crippen molar-refractivity contribution >= 4 is 23.3 Å². The first kappa shape index (κ1) is 13.6. The second kappa shape index (κ2) is 4.82. The van der Waals surface area contributed by atoms with Crippen molar-refractivity contribution in [2.75, 3.05) is 31.1 Å². The highest BCUT2D eigenvalue weighted by Gasteiger charge is 2.56. The van der Waals surface area contributed by atoms with E-state index in [1.807, 2.05) is 11.4 Å². The number of carbonyl (C=O) groups is 1. The molecular formula is C16H17N3O3S. The summed E-state index contributed by atoms with van der Waals surface area (Å²) in [6.07, 6.45) is 3.59. The van der Waals surface area contributed by atoms with Crippen LogP contribution in [0.4, 0.5) is 10.7 Å². The molecule has 0 N–H and O–H groups in total. The highest BCUT2D eigenvalue weighted by Crippen LogP contribution is 2.43. The summed E-state index contributed by atoms with van der Waals surface area (Å²) in [6, 6.07) is 1.87. The van der Waals surface area contributed by atoms with Gasteiger partial charge < -0.3 is 9.15 Å². The van der Waals surface area contributed by atoms with Crippen LogP contribution in [-0.4, -0.2) is 47.8 Å². The van der Waals surface area contributed by atoms with Gasteiger partial charge in [-0.2, -0.15) is 0 Å². The van der Waals surface area contributed by atoms with Crippen molar-refractivity contribution in [3.05, 3.63) is 23.2 Å². The molecule has 0 unspecified atom stereocenters. The van der Waals surface area contributed by atoms with E-state index in [9.17, 15) is 4.79 Å². The van der Waals surface area contributed by atoms with Crippen LogP contribution in [-0.2, 0) is 4.74 Å². The van der Waals surface area contributed by atoms with Gasteiger partial charge in [-0.3, -0.25) is 4.90 Å². The molecule has 0 radical (unpaired) electrons. The Morgan fingerprint density at radius 1 is 1.30 bits per heavy atom. The lowest BCUT2D eigenvalue weighted by molar-refractivity contribution is -0.0881. The lowest BCUT2D eigenvalue weighted by Crippen LogP contribution is -2.61. The number of thiazole rings is 1. The fourth-order valence-corrected chi connectivity index (χ4v) is 4.70. The number of anilines is 1. The molecule has 120 valence electrons. The van der Waals surface area contributed by atoms with Gasteiger partial charge >= 0.3 is 6.09 Å². The maximum atomic E-state index is 12.4. The zero-order valence-corrected chi connectivity index (χ0v) is 13.4. The minimum absolute atomic E-state index is 0.294. The minimum atomic E-state index is -0.360. The second-order valence-electron chi connectivity index (χ2n) is 6.62. The number of furan rings is 1. The number of nitrogens with zero attached hydrogens (tertiary/aromatic N) is 3. The molecule has 4 fully saturated rings. The van der Waals surface area contributed by atoms with Gasteiger partial charge in [0.2, 0.25) is 5.88 Å². The summed E-state index contributed by atoms with van der Waals surface area (Å²) in [7, 11) is 0. The van der Waals surface area contributed by atoms with Crippen molar-refractivity contribution in [1.29, 1.82) is 0 Å². The van der Waals surface area contributed by atoms with Crippen LogP contribution >= 0.6 is 11.3 Å². The van der Waals surface area contributed by atoms with Crippen LogP contribution in [0.1, 0.15) is 12.8 Å². The maximum Gasteiger partial charge on any atom is 0.417 e. The average Bonchev–Trinajstić information content (AvgIpc) is 3.28. The van der Waals surface area contributed by atoms with Gasteiger partial charge in [0.05, 0.1) is 17.7 Å². The molecule has 1 amide bonds. The Morgan fingerprint density at radius 2 is 2.17 bits per heavy atom. The van der Waals surface area contributed by atoms with E-state index in [2.05, 4.69) is 9.88 Å². The van der Waals surface area contributed by atoms with Crippen molar-refractivity contribution in [3.63, 3.8) is 0 Å². The van der Waals surface area contributed by atoms with Gasteiger partial charge in [0, 0.05) is 29.5 Å². The summed E-state index contributed by atoms with van der Waals surface area (Å²) in [4.78, 5) is 20.7. The van der Waals surface area contributed by atoms with E-state index in [0.717, 1.165) is 43.7 Å². The summed E-state index contributed by atoms with van der Waals surface area (Å²) in [5, 5.41) is 1.96. The lowest BCUT2D eigenvalue weighted by atomic mass is 9.75. The monoisotopic (exact) mass is 331 g/mol. The SMILES string of the molecule is O=C1O[C@]2(CN3CCC2CC3)CN1c1cc(-c2cscn2)co1. The molecule has 6 nitrogen and oxygen atoms in total. The number of ether oxygens (including phenoxy) is 1. The molecule has 23 heavy (non-hydrogen) atoms. The van der Waals surface area contributed by atoms with E-state index in [-0.39, 0.29) is 11.7 Å². The van der Waals surface area contributed by atoms with E-state index in [1.54, 1.807) is 16.7 Å². The molecule has 0 saturated carbocycles. The Hall–Kier alpha value is -1.86. The number of aromatic nitrogens is 1. The smallest absolute Gasteiger partial charge is 0.417 e. The first-order valence-corrected chi connectivity index (χ1v) is 8.88. The Kier molecular flexibility index (Phi) is 2.84. The second-order valence-corrected chi connectivity index (χ2v) is 7.34. The van der Waals surface area contributed by atoms with Crippen LogP contribution in [0.2, 0.25) is 0 Å². The summed E-state index contributed by atoms with van der Waals surface area (Å²) in [5.41, 5.74) is 3.19. The lowest BCUT2D eigenvalue weighted by Gasteiger charge is -2.49. The summed E-state index contributed by atoms with van der Waals surface area (Å²) >= 11 is 1.54. The number of amides is 1. The van der Waals surface area contributed by atoms with Gasteiger partial charge in [0.15, 0.2) is 0 Å². The van der Waals surface area contributed by atoms with E-state index in [0.29, 0.717) is 18.3 Å². The van der Waals surface area contributed by atoms with E-state index >= 15 is 0 Å². The predicted octanol–water partition coefficient (Wildman–Crippen LogP) is 2.82. The molecule has 4 saturated heterocycles. The molecule has 4 aliphatic rings. The van der Waals surface area contributed by atoms with Gasteiger partial charge in [0.25, 0.3) is 0 Å². The summed E-state index contributed by atoms with van der Waals surface area (Å²) < 4.78 is 11.5. The van der Waals surface area contributed by atoms with Crippen LogP contribution < -0.4 is 4.90 Å². The Bertz CT molecular complexity index is 736. The Labute approximate surface area is 137 Å². The van der Waals surface area contributed by atoms with E-state index < -0.39 is 0 Å². The predicted molar refractivity (Wildman–Crippen MR) is 85.5 cm³/mol. The van der Waals surface area contributed by atoms with Gasteiger partial charge in [-0.25, -0.2) is 14.7 Å². The van der Waals surface area contributed by atoms with E-state index in [4.69, 9.17) is 9.15 Å². The first-order valence-electron chi connectivity index (χ1n) is 7.93. The molecule has 7 heteroatoms. The Morgan fingerprint density at radius 3 is 2.87 bits per heavy atom. The number of fused-ring (bicyclic) bond motifs is 2. The molecule has 2 bridgehead atoms. The largest absolute Gasteiger partial charge is 0.448 e. The number of rotatable bonds is 2. The highest BCUT2D eigenvalue weighted by atomic mass is 32.1. The maximum absolute atomic E-state index is 12.4. The molecule has 0 aliphatic carbocycles. The highest BCUT2D eigenvalue weighted by molar-refractivity contribution is 7.07. The molecule has 2 aromatic heterocycles. The van der Waals surface area contributed by atoms with Gasteiger partial charge in [-0.15, -0.1) is 11.3 Å². The zero-order chi connectivity index (χ0) is 15.4. The number of hydrogen-bond acceptors (Lipinski definition) is 6. The number of piperidine rings is 3. The minimum Gasteiger partial charge on any atom is -0.448 e. The van der Waals surface area contributed by atoms with Crippen LogP contribution in [0.3, 0.4) is 0 Å². The fourth-order valence-electron chi connectivity index (χ4n) is 4.14. The third-order valence-corrected chi connectivity index (χ3v) is 5.93. The summed E-state index contributed by atoms with van der Waals surface area (Å²) in [6.45, 7) is 3.67. The molecule has 1 spiro atoms. The topological polar surface area (TPSA) is 58.8 Å². The van der Waals surface area contributed by atoms with Crippen LogP contribution in [0.25, 0.3) is 11.3 Å². The van der Waals surface area contributed by atoms with Crippen molar-refractivity contribution in [3.8, 4) is 11.3 Å². The van der Waals surface area contributed by atoms with Crippen LogP contribution in [0.15, 0.2) is 27.6 Å². The van der Waals surface area contributed by atoms with Gasteiger partial charge in [-0.05, 0) is 25.9 Å². The standard InChI is InChI=1S/C16H17N3O3S/c20-15-19(14-5-11(6-21-14)13-7-23-10-17-13)9-16(22-15)8-18-3-1-12(16)2-4-18/h5-7,10,12H,1-4,8-9H2/t16-/m1/s1. The van der Waals surface area contributed by atoms with Crippen LogP contribution in [0.5, 0.6) is 0 Å². The quantitative estimate of drug-likeness (QED) is 0.847. The molecule has 0 aromatic carbocycles. The third kappa shape index (κ3) is 2.03. The van der Waals surface area contributed by atoms with Crippen molar-refractivity contribution in [1.82, 2.24) is 9.88 Å². The third-order valence-electron chi connectivity index (χ3n) is 5.34. The van der Waals surface area contributed by atoms with Crippen LogP contribution in [0, 0.1) is 5.92 Å². The normalized spacial score (nSPS) is 32.7. The molecule has 1 atom stereocenters. The molecule has 6 heterocycles. The van der Waals surface area contributed by atoms with Crippen molar-refractivity contribution in [2.24, 2.45) is 5.92 Å². The Balaban J connectivity index is 1.43. The zero-order valence-electron chi connectivity index (χ0n) is 12.6. The van der Waals surface area contributed by atoms with Crippen molar-refractivity contribution < 1.29 is 13.9 Å². The molecule has 4 aliphatic heterocycles. The number of hydrogen-bond donors (Lipinski definition) is 0. The van der Waals surface area contributed by atoms with Gasteiger partial charge in [-0.1, -0.05) is 0 Å². The fraction of sp³-hybridized carbons (Fsp3) is 0.500. The van der Waals surface area contributed by atoms with Crippen molar-refractivity contribution in [2.45, 2.75) is 18.4 Å². The molecular weight excluding hydrogens is 314 g/mol. The molecule has 6 rings (SSSR count).